The number of ether oxygens (including phenoxy) is 2. The van der Waals surface area contributed by atoms with Crippen LogP contribution in [0.2, 0.25) is 0 Å². The van der Waals surface area contributed by atoms with Crippen LogP contribution < -0.4 is 10.1 Å². The Hall–Kier alpha value is -2.64. The van der Waals surface area contributed by atoms with Crippen molar-refractivity contribution in [1.29, 1.82) is 0 Å². The van der Waals surface area contributed by atoms with E-state index in [1.165, 1.54) is 13.4 Å². The second kappa shape index (κ2) is 8.16. The molecule has 142 valence electrons. The summed E-state index contributed by atoms with van der Waals surface area (Å²) in [6, 6.07) is 1.79. The number of aromatic nitrogens is 3. The zero-order valence-electron chi connectivity index (χ0n) is 16.0. The van der Waals surface area contributed by atoms with E-state index < -0.39 is 17.5 Å². The van der Waals surface area contributed by atoms with E-state index in [1.807, 2.05) is 0 Å². The Bertz CT molecular complexity index is 792. The molecule has 8 heteroatoms. The van der Waals surface area contributed by atoms with Gasteiger partial charge in [0.15, 0.2) is 5.65 Å². The van der Waals surface area contributed by atoms with Crippen molar-refractivity contribution in [2.45, 2.75) is 52.6 Å². The largest absolute Gasteiger partial charge is 0.496 e. The van der Waals surface area contributed by atoms with E-state index in [2.05, 4.69) is 22.3 Å². The van der Waals surface area contributed by atoms with Gasteiger partial charge in [-0.25, -0.2) is 9.50 Å². The van der Waals surface area contributed by atoms with Crippen LogP contribution in [0.4, 0.5) is 0 Å². The minimum atomic E-state index is -0.610. The molecule has 0 aliphatic heterocycles. The molecule has 2 heterocycles. The normalized spacial score (nSPS) is 11.4. The van der Waals surface area contributed by atoms with E-state index in [-0.39, 0.29) is 12.1 Å². The van der Waals surface area contributed by atoms with Gasteiger partial charge in [0, 0.05) is 11.8 Å². The molecule has 0 fully saturated rings. The maximum absolute atomic E-state index is 12.7. The lowest BCUT2D eigenvalue weighted by atomic mass is 10.1. The summed E-state index contributed by atoms with van der Waals surface area (Å²) < 4.78 is 12.2. The van der Waals surface area contributed by atoms with Gasteiger partial charge < -0.3 is 14.8 Å². The van der Waals surface area contributed by atoms with E-state index in [1.54, 1.807) is 31.4 Å². The van der Waals surface area contributed by atoms with Crippen molar-refractivity contribution in [2.24, 2.45) is 0 Å². The third kappa shape index (κ3) is 4.71. The molecular formula is C18H26N4O4. The lowest BCUT2D eigenvalue weighted by Gasteiger charge is -2.19. The molecule has 26 heavy (non-hydrogen) atoms. The Balaban J connectivity index is 2.26. The first-order valence-electron chi connectivity index (χ1n) is 8.66. The van der Waals surface area contributed by atoms with Gasteiger partial charge >= 0.3 is 5.97 Å². The molecule has 2 aromatic rings. The number of carbonyl (C=O) groups excluding carboxylic acids is 2. The van der Waals surface area contributed by atoms with Crippen LogP contribution in [0, 0.1) is 0 Å². The van der Waals surface area contributed by atoms with Crippen molar-refractivity contribution >= 4 is 17.5 Å². The molecule has 0 saturated carbocycles. The van der Waals surface area contributed by atoms with Gasteiger partial charge in [-0.05, 0) is 33.6 Å². The third-order valence-corrected chi connectivity index (χ3v) is 3.63. The fourth-order valence-electron chi connectivity index (χ4n) is 2.55. The van der Waals surface area contributed by atoms with E-state index >= 15 is 0 Å². The lowest BCUT2D eigenvalue weighted by Crippen LogP contribution is -2.35. The van der Waals surface area contributed by atoms with Crippen LogP contribution in [0.5, 0.6) is 5.75 Å². The average Bonchev–Trinajstić information content (AvgIpc) is 3.04. The van der Waals surface area contributed by atoms with Crippen LogP contribution in [0.3, 0.4) is 0 Å². The second-order valence-electron chi connectivity index (χ2n) is 6.95. The number of nitrogens with zero attached hydrogens (tertiary/aromatic N) is 3. The Morgan fingerprint density at radius 1 is 1.31 bits per heavy atom. The number of fused-ring (bicyclic) bond motifs is 1. The van der Waals surface area contributed by atoms with Crippen LogP contribution in [-0.2, 0) is 16.0 Å². The standard InChI is InChI=1S/C18H26N4O4/c1-6-7-8-12-9-13(25-5)15(16-20-11-21-22(12)16)17(24)19-10-14(23)26-18(2,3)4/h9,11H,6-8,10H2,1-5H3,(H,19,24). The number of unbranched alkanes of at least 4 members (excludes halogenated alkanes) is 1. The molecule has 0 atom stereocenters. The smallest absolute Gasteiger partial charge is 0.325 e. The molecule has 0 unspecified atom stereocenters. The lowest BCUT2D eigenvalue weighted by molar-refractivity contribution is -0.153. The first-order chi connectivity index (χ1) is 12.3. The summed E-state index contributed by atoms with van der Waals surface area (Å²) in [7, 11) is 1.50. The van der Waals surface area contributed by atoms with Crippen LogP contribution >= 0.6 is 0 Å². The quantitative estimate of drug-likeness (QED) is 0.759. The highest BCUT2D eigenvalue weighted by molar-refractivity contribution is 6.03. The Morgan fingerprint density at radius 2 is 2.04 bits per heavy atom. The predicted octanol–water partition coefficient (Wildman–Crippen LogP) is 2.15. The molecule has 1 N–H and O–H groups in total. The number of hydrogen-bond donors (Lipinski definition) is 1. The first-order valence-corrected chi connectivity index (χ1v) is 8.66. The highest BCUT2D eigenvalue weighted by Crippen LogP contribution is 2.25. The van der Waals surface area contributed by atoms with Crippen LogP contribution in [-0.4, -0.2) is 45.7 Å². The highest BCUT2D eigenvalue weighted by Gasteiger charge is 2.23. The zero-order chi connectivity index (χ0) is 19.3. The maximum atomic E-state index is 12.7. The van der Waals surface area contributed by atoms with Gasteiger partial charge in [-0.1, -0.05) is 13.3 Å². The number of esters is 1. The molecule has 0 spiro atoms. The summed E-state index contributed by atoms with van der Waals surface area (Å²) in [5, 5.41) is 6.78. The van der Waals surface area contributed by atoms with Gasteiger partial charge in [-0.15, -0.1) is 0 Å². The molecule has 1 amide bonds. The fourth-order valence-corrected chi connectivity index (χ4v) is 2.55. The fraction of sp³-hybridized carbons (Fsp3) is 0.556. The van der Waals surface area contributed by atoms with E-state index in [9.17, 15) is 9.59 Å². The molecule has 8 nitrogen and oxygen atoms in total. The molecule has 0 saturated heterocycles. The van der Waals surface area contributed by atoms with Gasteiger partial charge in [0.1, 0.15) is 29.8 Å². The number of rotatable bonds is 7. The van der Waals surface area contributed by atoms with E-state index in [4.69, 9.17) is 9.47 Å². The number of carbonyl (C=O) groups is 2. The molecular weight excluding hydrogens is 336 g/mol. The molecule has 2 aromatic heterocycles. The molecule has 0 bridgehead atoms. The predicted molar refractivity (Wildman–Crippen MR) is 96.3 cm³/mol. The zero-order valence-corrected chi connectivity index (χ0v) is 16.0. The number of aryl methyl sites for hydroxylation is 1. The van der Waals surface area contributed by atoms with E-state index in [0.29, 0.717) is 11.4 Å². The van der Waals surface area contributed by atoms with Crippen molar-refractivity contribution < 1.29 is 19.1 Å². The summed E-state index contributed by atoms with van der Waals surface area (Å²) in [4.78, 5) is 28.7. The van der Waals surface area contributed by atoms with Gasteiger partial charge in [0.2, 0.25) is 0 Å². The first kappa shape index (κ1) is 19.7. The summed E-state index contributed by atoms with van der Waals surface area (Å²) in [6.45, 7) is 7.17. The third-order valence-electron chi connectivity index (χ3n) is 3.63. The Labute approximate surface area is 152 Å². The topological polar surface area (TPSA) is 94.8 Å². The van der Waals surface area contributed by atoms with Crippen LogP contribution in [0.15, 0.2) is 12.4 Å². The monoisotopic (exact) mass is 362 g/mol. The van der Waals surface area contributed by atoms with Crippen molar-refractivity contribution in [2.75, 3.05) is 13.7 Å². The number of amides is 1. The second-order valence-corrected chi connectivity index (χ2v) is 6.95. The average molecular weight is 362 g/mol. The SMILES string of the molecule is CCCCc1cc(OC)c(C(=O)NCC(=O)OC(C)(C)C)c2ncnn12. The van der Waals surface area contributed by atoms with Gasteiger partial charge in [0.05, 0.1) is 7.11 Å². The minimum absolute atomic E-state index is 0.239. The number of pyridine rings is 1. The highest BCUT2D eigenvalue weighted by atomic mass is 16.6. The Kier molecular flexibility index (Phi) is 6.18. The van der Waals surface area contributed by atoms with Crippen LogP contribution in [0.25, 0.3) is 5.65 Å². The van der Waals surface area contributed by atoms with Gasteiger partial charge in [0.25, 0.3) is 5.91 Å². The van der Waals surface area contributed by atoms with Crippen molar-refractivity contribution in [3.8, 4) is 5.75 Å². The molecule has 0 radical (unpaired) electrons. The van der Waals surface area contributed by atoms with Gasteiger partial charge in [-0.3, -0.25) is 9.59 Å². The van der Waals surface area contributed by atoms with Crippen LogP contribution in [0.1, 0.15) is 56.6 Å². The van der Waals surface area contributed by atoms with Crippen molar-refractivity contribution in [1.82, 2.24) is 19.9 Å². The minimum Gasteiger partial charge on any atom is -0.496 e. The molecule has 0 aliphatic carbocycles. The van der Waals surface area contributed by atoms with Crippen molar-refractivity contribution in [3.63, 3.8) is 0 Å². The molecule has 2 rings (SSSR count). The summed E-state index contributed by atoms with van der Waals surface area (Å²) in [6.07, 6.45) is 4.22. The number of hydrogen-bond acceptors (Lipinski definition) is 6. The Morgan fingerprint density at radius 3 is 2.65 bits per heavy atom. The summed E-state index contributed by atoms with van der Waals surface area (Å²) in [5.74, 6) is -0.576. The summed E-state index contributed by atoms with van der Waals surface area (Å²) in [5.41, 5.74) is 0.951. The van der Waals surface area contributed by atoms with Crippen molar-refractivity contribution in [3.05, 3.63) is 23.7 Å². The molecule has 0 aliphatic rings. The van der Waals surface area contributed by atoms with Gasteiger partial charge in [-0.2, -0.15) is 5.10 Å². The number of methoxy groups -OCH3 is 1. The molecule has 0 aromatic carbocycles. The van der Waals surface area contributed by atoms with E-state index in [0.717, 1.165) is 25.0 Å². The number of nitrogens with one attached hydrogen (secondary N) is 1. The maximum Gasteiger partial charge on any atom is 0.325 e. The summed E-state index contributed by atoms with van der Waals surface area (Å²) >= 11 is 0.